The van der Waals surface area contributed by atoms with E-state index in [1.807, 2.05) is 13.0 Å². The molecule has 18 heavy (non-hydrogen) atoms. The van der Waals surface area contributed by atoms with Gasteiger partial charge in [0, 0.05) is 12.1 Å². The van der Waals surface area contributed by atoms with Crippen LogP contribution in [0.3, 0.4) is 0 Å². The van der Waals surface area contributed by atoms with E-state index in [-0.39, 0.29) is 11.4 Å². The molecule has 1 heterocycles. The summed E-state index contributed by atoms with van der Waals surface area (Å²) in [5.41, 5.74) is 2.95. The van der Waals surface area contributed by atoms with E-state index in [1.54, 1.807) is 6.07 Å². The van der Waals surface area contributed by atoms with Crippen molar-refractivity contribution in [2.45, 2.75) is 51.0 Å². The summed E-state index contributed by atoms with van der Waals surface area (Å²) in [6.45, 7) is 2.76. The highest BCUT2D eigenvalue weighted by atomic mass is 19.1. The quantitative estimate of drug-likeness (QED) is 0.723. The van der Waals surface area contributed by atoms with Crippen molar-refractivity contribution < 1.29 is 4.39 Å². The van der Waals surface area contributed by atoms with E-state index in [1.165, 1.54) is 32.1 Å². The first-order valence-electron chi connectivity index (χ1n) is 7.01. The van der Waals surface area contributed by atoms with Crippen LogP contribution in [0.15, 0.2) is 12.1 Å². The van der Waals surface area contributed by atoms with Crippen molar-refractivity contribution in [2.75, 3.05) is 17.2 Å². The Hall–Kier alpha value is -1.25. The van der Waals surface area contributed by atoms with Crippen LogP contribution in [0.1, 0.15) is 44.1 Å². The number of anilines is 2. The van der Waals surface area contributed by atoms with E-state index in [0.717, 1.165) is 29.9 Å². The van der Waals surface area contributed by atoms with Crippen LogP contribution >= 0.6 is 0 Å². The fourth-order valence-corrected chi connectivity index (χ4v) is 3.32. The minimum absolute atomic E-state index is 0.123. The van der Waals surface area contributed by atoms with Crippen LogP contribution in [0.4, 0.5) is 15.8 Å². The number of fused-ring (bicyclic) bond motifs is 1. The third-order valence-corrected chi connectivity index (χ3v) is 4.43. The Morgan fingerprint density at radius 3 is 2.61 bits per heavy atom. The Morgan fingerprint density at radius 1 is 1.06 bits per heavy atom. The standard InChI is InChI=1S/C15H21FN2/c1-11-9-14-13(10-12(11)16)17-8-7-15(18-14)5-3-2-4-6-15/h9-10,17-18H,2-8H2,1H3. The molecule has 2 aliphatic rings. The zero-order valence-electron chi connectivity index (χ0n) is 11.0. The van der Waals surface area contributed by atoms with Crippen LogP contribution in [-0.4, -0.2) is 12.1 Å². The van der Waals surface area contributed by atoms with Crippen LogP contribution in [0, 0.1) is 12.7 Å². The second-order valence-electron chi connectivity index (χ2n) is 5.79. The topological polar surface area (TPSA) is 24.1 Å². The largest absolute Gasteiger partial charge is 0.383 e. The number of halogens is 1. The Kier molecular flexibility index (Phi) is 2.92. The molecule has 1 aliphatic heterocycles. The van der Waals surface area contributed by atoms with Gasteiger partial charge in [-0.2, -0.15) is 0 Å². The molecule has 1 saturated carbocycles. The maximum absolute atomic E-state index is 13.6. The van der Waals surface area contributed by atoms with Gasteiger partial charge in [-0.05, 0) is 43.9 Å². The molecule has 1 aromatic carbocycles. The first kappa shape index (κ1) is 11.8. The Morgan fingerprint density at radius 2 is 1.83 bits per heavy atom. The molecule has 1 spiro atoms. The Labute approximate surface area is 108 Å². The molecule has 3 rings (SSSR count). The van der Waals surface area contributed by atoms with Crippen LogP contribution < -0.4 is 10.6 Å². The summed E-state index contributed by atoms with van der Waals surface area (Å²) in [5, 5.41) is 7.08. The number of benzene rings is 1. The van der Waals surface area contributed by atoms with Gasteiger partial charge in [0.2, 0.25) is 0 Å². The Bertz CT molecular complexity index is 450. The van der Waals surface area contributed by atoms with Gasteiger partial charge < -0.3 is 10.6 Å². The zero-order chi connectivity index (χ0) is 12.6. The van der Waals surface area contributed by atoms with Crippen molar-refractivity contribution in [1.82, 2.24) is 0 Å². The Balaban J connectivity index is 1.94. The van der Waals surface area contributed by atoms with E-state index in [2.05, 4.69) is 10.6 Å². The van der Waals surface area contributed by atoms with Crippen molar-refractivity contribution in [3.63, 3.8) is 0 Å². The normalized spacial score (nSPS) is 21.7. The highest BCUT2D eigenvalue weighted by Crippen LogP contribution is 2.39. The molecule has 0 amide bonds. The second kappa shape index (κ2) is 4.45. The number of nitrogens with one attached hydrogen (secondary N) is 2. The maximum atomic E-state index is 13.6. The van der Waals surface area contributed by atoms with Gasteiger partial charge in [0.05, 0.1) is 11.4 Å². The lowest BCUT2D eigenvalue weighted by atomic mass is 9.79. The summed E-state index contributed by atoms with van der Waals surface area (Å²) in [5.74, 6) is -0.123. The predicted molar refractivity (Wildman–Crippen MR) is 73.7 cm³/mol. The SMILES string of the molecule is Cc1cc2c(cc1F)NCCC1(CCCCC1)N2. The van der Waals surface area contributed by atoms with Crippen molar-refractivity contribution in [3.05, 3.63) is 23.5 Å². The van der Waals surface area contributed by atoms with Crippen molar-refractivity contribution in [2.24, 2.45) is 0 Å². The fourth-order valence-electron chi connectivity index (χ4n) is 3.32. The molecule has 1 aliphatic carbocycles. The van der Waals surface area contributed by atoms with Crippen molar-refractivity contribution in [1.29, 1.82) is 0 Å². The number of aryl methyl sites for hydroxylation is 1. The highest BCUT2D eigenvalue weighted by molar-refractivity contribution is 5.71. The average molecular weight is 248 g/mol. The summed E-state index contributed by atoms with van der Waals surface area (Å²) >= 11 is 0. The molecule has 0 saturated heterocycles. The highest BCUT2D eigenvalue weighted by Gasteiger charge is 2.33. The maximum Gasteiger partial charge on any atom is 0.128 e. The van der Waals surface area contributed by atoms with Crippen LogP contribution in [0.25, 0.3) is 0 Å². The molecule has 0 unspecified atom stereocenters. The van der Waals surface area contributed by atoms with Gasteiger partial charge in [-0.25, -0.2) is 4.39 Å². The number of hydrogen-bond donors (Lipinski definition) is 2. The molecule has 0 aromatic heterocycles. The molecule has 98 valence electrons. The van der Waals surface area contributed by atoms with Gasteiger partial charge in [-0.15, -0.1) is 0 Å². The molecule has 0 radical (unpaired) electrons. The zero-order valence-corrected chi connectivity index (χ0v) is 11.0. The lowest BCUT2D eigenvalue weighted by Crippen LogP contribution is -2.40. The summed E-state index contributed by atoms with van der Waals surface area (Å²) in [6.07, 6.45) is 7.58. The van der Waals surface area contributed by atoms with E-state index >= 15 is 0 Å². The van der Waals surface area contributed by atoms with Gasteiger partial charge in [0.25, 0.3) is 0 Å². The molecule has 0 bridgehead atoms. The summed E-state index contributed by atoms with van der Waals surface area (Å²) in [6, 6.07) is 3.57. The summed E-state index contributed by atoms with van der Waals surface area (Å²) in [7, 11) is 0. The molecule has 2 nitrogen and oxygen atoms in total. The second-order valence-corrected chi connectivity index (χ2v) is 5.79. The van der Waals surface area contributed by atoms with E-state index in [9.17, 15) is 4.39 Å². The first-order valence-corrected chi connectivity index (χ1v) is 7.01. The smallest absolute Gasteiger partial charge is 0.128 e. The fraction of sp³-hybridized carbons (Fsp3) is 0.600. The molecule has 1 fully saturated rings. The third-order valence-electron chi connectivity index (χ3n) is 4.43. The number of rotatable bonds is 0. The van der Waals surface area contributed by atoms with Gasteiger partial charge >= 0.3 is 0 Å². The van der Waals surface area contributed by atoms with Gasteiger partial charge in [0.1, 0.15) is 5.82 Å². The molecule has 1 aromatic rings. The predicted octanol–water partition coefficient (Wildman–Crippen LogP) is 4.06. The van der Waals surface area contributed by atoms with Crippen LogP contribution in [0.5, 0.6) is 0 Å². The van der Waals surface area contributed by atoms with E-state index < -0.39 is 0 Å². The third kappa shape index (κ3) is 2.06. The minimum atomic E-state index is -0.123. The molecule has 2 N–H and O–H groups in total. The molecule has 0 atom stereocenters. The summed E-state index contributed by atoms with van der Waals surface area (Å²) < 4.78 is 13.6. The van der Waals surface area contributed by atoms with Crippen LogP contribution in [0.2, 0.25) is 0 Å². The monoisotopic (exact) mass is 248 g/mol. The minimum Gasteiger partial charge on any atom is -0.383 e. The van der Waals surface area contributed by atoms with Gasteiger partial charge in [0.15, 0.2) is 0 Å². The van der Waals surface area contributed by atoms with Gasteiger partial charge in [-0.3, -0.25) is 0 Å². The molecule has 3 heteroatoms. The lowest BCUT2D eigenvalue weighted by molar-refractivity contribution is 0.313. The summed E-state index contributed by atoms with van der Waals surface area (Å²) in [4.78, 5) is 0. The van der Waals surface area contributed by atoms with Crippen molar-refractivity contribution >= 4 is 11.4 Å². The van der Waals surface area contributed by atoms with E-state index in [4.69, 9.17) is 0 Å². The molecular formula is C15H21FN2. The van der Waals surface area contributed by atoms with Gasteiger partial charge in [-0.1, -0.05) is 19.3 Å². The average Bonchev–Trinajstić information content (AvgIpc) is 2.51. The van der Waals surface area contributed by atoms with Crippen molar-refractivity contribution in [3.8, 4) is 0 Å². The van der Waals surface area contributed by atoms with Crippen LogP contribution in [-0.2, 0) is 0 Å². The van der Waals surface area contributed by atoms with E-state index in [0.29, 0.717) is 0 Å². The first-order chi connectivity index (χ1) is 8.69. The lowest BCUT2D eigenvalue weighted by Gasteiger charge is -2.38. The number of hydrogen-bond acceptors (Lipinski definition) is 2. The molecular weight excluding hydrogens is 227 g/mol.